The van der Waals surface area contributed by atoms with E-state index in [2.05, 4.69) is 32.7 Å². The van der Waals surface area contributed by atoms with Crippen LogP contribution in [-0.4, -0.2) is 25.9 Å². The normalized spacial score (nSPS) is 10.9. The lowest BCUT2D eigenvalue weighted by Crippen LogP contribution is -2.23. The zero-order valence-corrected chi connectivity index (χ0v) is 16.6. The Labute approximate surface area is 167 Å². The number of carbonyl (C=O) groups is 1. The van der Waals surface area contributed by atoms with Gasteiger partial charge in [0.1, 0.15) is 0 Å². The molecule has 7 heteroatoms. The molecule has 6 nitrogen and oxygen atoms in total. The quantitative estimate of drug-likeness (QED) is 0.523. The molecule has 0 aliphatic rings. The molecule has 4 rings (SSSR count). The van der Waals surface area contributed by atoms with E-state index >= 15 is 0 Å². The van der Waals surface area contributed by atoms with Crippen molar-refractivity contribution in [2.75, 3.05) is 0 Å². The van der Waals surface area contributed by atoms with Crippen LogP contribution in [0.15, 0.2) is 53.9 Å². The highest BCUT2D eigenvalue weighted by Crippen LogP contribution is 2.23. The molecule has 3 aromatic heterocycles. The Bertz CT molecular complexity index is 1080. The summed E-state index contributed by atoms with van der Waals surface area (Å²) in [5, 5.41) is 16.7. The summed E-state index contributed by atoms with van der Waals surface area (Å²) < 4.78 is 1.98. The van der Waals surface area contributed by atoms with Gasteiger partial charge in [0.05, 0.1) is 22.8 Å². The number of benzene rings is 1. The molecule has 0 aliphatic carbocycles. The van der Waals surface area contributed by atoms with Gasteiger partial charge in [-0.1, -0.05) is 36.4 Å². The summed E-state index contributed by atoms with van der Waals surface area (Å²) >= 11 is 1.60. The van der Waals surface area contributed by atoms with Gasteiger partial charge in [-0.05, 0) is 36.9 Å². The molecule has 0 bridgehead atoms. The van der Waals surface area contributed by atoms with E-state index in [1.54, 1.807) is 17.4 Å². The van der Waals surface area contributed by atoms with Crippen LogP contribution in [0.4, 0.5) is 0 Å². The first-order valence-corrected chi connectivity index (χ1v) is 9.94. The highest BCUT2D eigenvalue weighted by molar-refractivity contribution is 7.13. The number of amides is 1. The van der Waals surface area contributed by atoms with Gasteiger partial charge in [0.15, 0.2) is 5.69 Å². The fourth-order valence-electron chi connectivity index (χ4n) is 3.16. The topological polar surface area (TPSA) is 75.6 Å². The third kappa shape index (κ3) is 3.75. The lowest BCUT2D eigenvalue weighted by Gasteiger charge is -2.06. The molecule has 4 aromatic rings. The number of H-pyrrole nitrogens is 1. The molecule has 0 saturated heterocycles. The number of rotatable bonds is 6. The molecule has 0 spiro atoms. The first-order chi connectivity index (χ1) is 13.6. The molecule has 0 aliphatic heterocycles. The van der Waals surface area contributed by atoms with Crippen molar-refractivity contribution in [3.8, 4) is 10.6 Å². The van der Waals surface area contributed by atoms with E-state index < -0.39 is 0 Å². The van der Waals surface area contributed by atoms with Gasteiger partial charge in [0.25, 0.3) is 5.91 Å². The maximum absolute atomic E-state index is 12.5. The van der Waals surface area contributed by atoms with Crippen molar-refractivity contribution in [2.45, 2.75) is 26.9 Å². The van der Waals surface area contributed by atoms with Crippen LogP contribution < -0.4 is 5.32 Å². The minimum atomic E-state index is -0.200. The van der Waals surface area contributed by atoms with Crippen LogP contribution in [0.25, 0.3) is 10.6 Å². The second-order valence-corrected chi connectivity index (χ2v) is 7.57. The Morgan fingerprint density at radius 1 is 1.18 bits per heavy atom. The van der Waals surface area contributed by atoms with E-state index in [1.807, 2.05) is 54.2 Å². The minimum Gasteiger partial charge on any atom is -0.346 e. The largest absolute Gasteiger partial charge is 0.346 e. The predicted molar refractivity (Wildman–Crippen MR) is 110 cm³/mol. The number of hydrogen-bond acceptors (Lipinski definition) is 4. The third-order valence-corrected chi connectivity index (χ3v) is 5.63. The number of aromatic nitrogens is 4. The van der Waals surface area contributed by atoms with Crippen LogP contribution in [0, 0.1) is 13.8 Å². The van der Waals surface area contributed by atoms with Crippen molar-refractivity contribution in [2.24, 2.45) is 0 Å². The number of carbonyl (C=O) groups excluding carboxylic acids is 1. The third-order valence-electron chi connectivity index (χ3n) is 4.73. The van der Waals surface area contributed by atoms with Gasteiger partial charge in [-0.25, -0.2) is 0 Å². The first-order valence-electron chi connectivity index (χ1n) is 9.06. The molecule has 1 amide bonds. The monoisotopic (exact) mass is 391 g/mol. The van der Waals surface area contributed by atoms with Gasteiger partial charge in [0, 0.05) is 17.8 Å². The van der Waals surface area contributed by atoms with E-state index in [0.717, 1.165) is 27.5 Å². The number of aromatic amines is 1. The van der Waals surface area contributed by atoms with Crippen LogP contribution in [0.2, 0.25) is 0 Å². The van der Waals surface area contributed by atoms with Crippen molar-refractivity contribution in [1.29, 1.82) is 0 Å². The van der Waals surface area contributed by atoms with Crippen molar-refractivity contribution < 1.29 is 4.79 Å². The van der Waals surface area contributed by atoms with E-state index in [0.29, 0.717) is 18.8 Å². The summed E-state index contributed by atoms with van der Waals surface area (Å²) in [6.07, 6.45) is 0. The van der Waals surface area contributed by atoms with Crippen LogP contribution in [0.3, 0.4) is 0 Å². The molecule has 0 atom stereocenters. The maximum Gasteiger partial charge on any atom is 0.272 e. The molecule has 3 heterocycles. The van der Waals surface area contributed by atoms with Crippen molar-refractivity contribution in [3.05, 3.63) is 82.1 Å². The van der Waals surface area contributed by atoms with Crippen LogP contribution in [0.1, 0.15) is 33.0 Å². The summed E-state index contributed by atoms with van der Waals surface area (Å²) in [7, 11) is 0. The van der Waals surface area contributed by atoms with Gasteiger partial charge in [-0.3, -0.25) is 14.6 Å². The minimum absolute atomic E-state index is 0.200. The summed E-state index contributed by atoms with van der Waals surface area (Å²) in [5.41, 5.74) is 5.45. The molecule has 1 aromatic carbocycles. The highest BCUT2D eigenvalue weighted by atomic mass is 32.1. The van der Waals surface area contributed by atoms with Crippen molar-refractivity contribution in [3.63, 3.8) is 0 Å². The summed E-state index contributed by atoms with van der Waals surface area (Å²) in [6.45, 7) is 5.14. The zero-order valence-electron chi connectivity index (χ0n) is 15.8. The summed E-state index contributed by atoms with van der Waals surface area (Å²) in [4.78, 5) is 13.6. The first kappa shape index (κ1) is 18.2. The van der Waals surface area contributed by atoms with E-state index in [-0.39, 0.29) is 5.91 Å². The number of thiophene rings is 1. The van der Waals surface area contributed by atoms with Gasteiger partial charge >= 0.3 is 0 Å². The Morgan fingerprint density at radius 2 is 2.00 bits per heavy atom. The predicted octanol–water partition coefficient (Wildman–Crippen LogP) is 3.93. The summed E-state index contributed by atoms with van der Waals surface area (Å²) in [6, 6.07) is 16.0. The smallest absolute Gasteiger partial charge is 0.272 e. The Kier molecular flexibility index (Phi) is 5.08. The fraction of sp³-hybridized carbons (Fsp3) is 0.190. The lowest BCUT2D eigenvalue weighted by atomic mass is 10.2. The van der Waals surface area contributed by atoms with Gasteiger partial charge in [-0.2, -0.15) is 10.2 Å². The molecule has 0 radical (unpaired) electrons. The Balaban J connectivity index is 1.44. The summed E-state index contributed by atoms with van der Waals surface area (Å²) in [5.74, 6) is -0.200. The number of nitrogens with one attached hydrogen (secondary N) is 2. The van der Waals surface area contributed by atoms with Crippen LogP contribution >= 0.6 is 11.3 Å². The molecular formula is C21H21N5OS. The van der Waals surface area contributed by atoms with E-state index in [9.17, 15) is 4.79 Å². The molecule has 142 valence electrons. The van der Waals surface area contributed by atoms with Crippen LogP contribution in [0.5, 0.6) is 0 Å². The number of aryl methyl sites for hydroxylation is 1. The highest BCUT2D eigenvalue weighted by Gasteiger charge is 2.15. The Hall–Kier alpha value is -3.19. The van der Waals surface area contributed by atoms with Crippen LogP contribution in [-0.2, 0) is 13.1 Å². The Morgan fingerprint density at radius 3 is 2.75 bits per heavy atom. The average molecular weight is 392 g/mol. The second kappa shape index (κ2) is 7.82. The number of nitrogens with zero attached hydrogens (tertiary/aromatic N) is 3. The zero-order chi connectivity index (χ0) is 19.5. The van der Waals surface area contributed by atoms with Gasteiger partial charge < -0.3 is 5.32 Å². The lowest BCUT2D eigenvalue weighted by molar-refractivity contribution is 0.0946. The second-order valence-electron chi connectivity index (χ2n) is 6.62. The molecule has 0 unspecified atom stereocenters. The molecule has 0 saturated carbocycles. The molecule has 0 fully saturated rings. The molecular weight excluding hydrogens is 370 g/mol. The molecule has 2 N–H and O–H groups in total. The van der Waals surface area contributed by atoms with Crippen molar-refractivity contribution in [1.82, 2.24) is 25.3 Å². The van der Waals surface area contributed by atoms with Crippen molar-refractivity contribution >= 4 is 17.2 Å². The fourth-order valence-corrected chi connectivity index (χ4v) is 3.85. The standard InChI is InChI=1S/C21H21N5OS/c1-14-17(15(2)26(25-14)13-16-7-4-3-5-8-16)12-22-21(27)19-11-18(23-24-19)20-9-6-10-28-20/h3-11H,12-13H2,1-2H3,(H,22,27)(H,23,24). The van der Waals surface area contributed by atoms with E-state index in [1.165, 1.54) is 5.56 Å². The molecule has 28 heavy (non-hydrogen) atoms. The number of hydrogen-bond donors (Lipinski definition) is 2. The SMILES string of the molecule is Cc1nn(Cc2ccccc2)c(C)c1CNC(=O)c1cc(-c2cccs2)[nH]n1. The maximum atomic E-state index is 12.5. The van der Waals surface area contributed by atoms with Gasteiger partial charge in [-0.15, -0.1) is 11.3 Å². The average Bonchev–Trinajstić information content (AvgIpc) is 3.43. The van der Waals surface area contributed by atoms with Gasteiger partial charge in [0.2, 0.25) is 0 Å². The van der Waals surface area contributed by atoms with E-state index in [4.69, 9.17) is 0 Å².